The number of rotatable bonds is 2. The third-order valence-corrected chi connectivity index (χ3v) is 4.23. The SMILES string of the molecule is CC1CCNC1CN1CCn2c(nnc2C(F)(F)F)C1. The fourth-order valence-corrected chi connectivity index (χ4v) is 2.99. The first-order valence-corrected chi connectivity index (χ1v) is 6.90. The van der Waals surface area contributed by atoms with Crippen LogP contribution in [0.2, 0.25) is 0 Å². The van der Waals surface area contributed by atoms with Gasteiger partial charge in [-0.2, -0.15) is 13.2 Å². The minimum Gasteiger partial charge on any atom is -0.312 e. The summed E-state index contributed by atoms with van der Waals surface area (Å²) in [5, 5.41) is 10.4. The van der Waals surface area contributed by atoms with E-state index in [9.17, 15) is 13.2 Å². The Hall–Kier alpha value is -1.15. The van der Waals surface area contributed by atoms with Gasteiger partial charge in [-0.3, -0.25) is 4.90 Å². The van der Waals surface area contributed by atoms with Crippen LogP contribution in [0.25, 0.3) is 0 Å². The molecule has 0 saturated carbocycles. The predicted molar refractivity (Wildman–Crippen MR) is 65.9 cm³/mol. The fourth-order valence-electron chi connectivity index (χ4n) is 2.99. The zero-order chi connectivity index (χ0) is 14.3. The van der Waals surface area contributed by atoms with Gasteiger partial charge in [0, 0.05) is 25.7 Å². The summed E-state index contributed by atoms with van der Waals surface area (Å²) in [5.41, 5.74) is 0. The van der Waals surface area contributed by atoms with Crippen LogP contribution >= 0.6 is 0 Å². The molecule has 1 aromatic heterocycles. The smallest absolute Gasteiger partial charge is 0.312 e. The second-order valence-corrected chi connectivity index (χ2v) is 5.65. The van der Waals surface area contributed by atoms with Gasteiger partial charge in [-0.25, -0.2) is 0 Å². The van der Waals surface area contributed by atoms with Crippen molar-refractivity contribution in [1.82, 2.24) is 25.0 Å². The molecule has 112 valence electrons. The van der Waals surface area contributed by atoms with Gasteiger partial charge in [-0.05, 0) is 18.9 Å². The summed E-state index contributed by atoms with van der Waals surface area (Å²) in [7, 11) is 0. The minimum absolute atomic E-state index is 0.304. The molecule has 0 spiro atoms. The van der Waals surface area contributed by atoms with E-state index in [1.165, 1.54) is 4.57 Å². The molecule has 0 bridgehead atoms. The van der Waals surface area contributed by atoms with Crippen LogP contribution in [0.5, 0.6) is 0 Å². The Bertz CT molecular complexity index is 484. The maximum atomic E-state index is 12.7. The van der Waals surface area contributed by atoms with Crippen LogP contribution in [0.1, 0.15) is 25.0 Å². The number of hydrogen-bond acceptors (Lipinski definition) is 4. The Morgan fingerprint density at radius 2 is 2.10 bits per heavy atom. The lowest BCUT2D eigenvalue weighted by atomic mass is 10.0. The molecule has 0 amide bonds. The Balaban J connectivity index is 1.69. The van der Waals surface area contributed by atoms with Crippen molar-refractivity contribution in [2.75, 3.05) is 19.6 Å². The van der Waals surface area contributed by atoms with Crippen molar-refractivity contribution in [1.29, 1.82) is 0 Å². The van der Waals surface area contributed by atoms with Crippen molar-refractivity contribution in [2.24, 2.45) is 5.92 Å². The van der Waals surface area contributed by atoms with Crippen LogP contribution in [0, 0.1) is 5.92 Å². The van der Waals surface area contributed by atoms with E-state index in [4.69, 9.17) is 0 Å². The van der Waals surface area contributed by atoms with Crippen molar-refractivity contribution < 1.29 is 13.2 Å². The van der Waals surface area contributed by atoms with E-state index in [1.807, 2.05) is 0 Å². The molecule has 2 aliphatic rings. The summed E-state index contributed by atoms with van der Waals surface area (Å²) in [6, 6.07) is 0.423. The van der Waals surface area contributed by atoms with Gasteiger partial charge in [0.25, 0.3) is 0 Å². The highest BCUT2D eigenvalue weighted by atomic mass is 19.4. The molecule has 1 fully saturated rings. The Morgan fingerprint density at radius 1 is 1.30 bits per heavy atom. The van der Waals surface area contributed by atoms with Crippen molar-refractivity contribution in [2.45, 2.75) is 38.7 Å². The third kappa shape index (κ3) is 2.54. The second-order valence-electron chi connectivity index (χ2n) is 5.65. The lowest BCUT2D eigenvalue weighted by Gasteiger charge is -2.31. The summed E-state index contributed by atoms with van der Waals surface area (Å²) in [6.45, 7) is 5.44. The molecule has 5 nitrogen and oxygen atoms in total. The van der Waals surface area contributed by atoms with E-state index < -0.39 is 12.0 Å². The van der Waals surface area contributed by atoms with Gasteiger partial charge in [0.1, 0.15) is 5.82 Å². The summed E-state index contributed by atoms with van der Waals surface area (Å²) in [6.07, 6.45) is -3.26. The summed E-state index contributed by atoms with van der Waals surface area (Å²) in [5.74, 6) is 0.147. The Morgan fingerprint density at radius 3 is 2.75 bits per heavy atom. The van der Waals surface area contributed by atoms with Gasteiger partial charge >= 0.3 is 6.18 Å². The predicted octanol–water partition coefficient (Wildman–Crippen LogP) is 1.11. The number of aromatic nitrogens is 3. The van der Waals surface area contributed by atoms with Gasteiger partial charge in [0.2, 0.25) is 5.82 Å². The van der Waals surface area contributed by atoms with E-state index >= 15 is 0 Å². The van der Waals surface area contributed by atoms with Crippen LogP contribution in [0.4, 0.5) is 13.2 Å². The zero-order valence-electron chi connectivity index (χ0n) is 11.3. The molecule has 2 atom stereocenters. The number of fused-ring (bicyclic) bond motifs is 1. The van der Waals surface area contributed by atoms with Crippen LogP contribution in [-0.4, -0.2) is 45.3 Å². The largest absolute Gasteiger partial charge is 0.451 e. The minimum atomic E-state index is -4.42. The maximum absolute atomic E-state index is 12.7. The molecular formula is C12H18F3N5. The van der Waals surface area contributed by atoms with Crippen molar-refractivity contribution >= 4 is 0 Å². The molecule has 0 aliphatic carbocycles. The molecule has 2 aliphatic heterocycles. The molecule has 1 aromatic rings. The van der Waals surface area contributed by atoms with E-state index in [2.05, 4.69) is 27.3 Å². The normalized spacial score (nSPS) is 27.8. The molecule has 1 saturated heterocycles. The molecule has 20 heavy (non-hydrogen) atoms. The van der Waals surface area contributed by atoms with Gasteiger partial charge in [-0.15, -0.1) is 10.2 Å². The highest BCUT2D eigenvalue weighted by Gasteiger charge is 2.39. The summed E-state index contributed by atoms with van der Waals surface area (Å²) in [4.78, 5) is 2.16. The van der Waals surface area contributed by atoms with E-state index in [0.717, 1.165) is 19.5 Å². The Kier molecular flexibility index (Phi) is 3.45. The first-order chi connectivity index (χ1) is 9.45. The van der Waals surface area contributed by atoms with E-state index in [0.29, 0.717) is 37.4 Å². The zero-order valence-corrected chi connectivity index (χ0v) is 11.3. The highest BCUT2D eigenvalue weighted by molar-refractivity contribution is 5.02. The Labute approximate surface area is 115 Å². The lowest BCUT2D eigenvalue weighted by Crippen LogP contribution is -2.44. The molecule has 2 unspecified atom stereocenters. The van der Waals surface area contributed by atoms with Gasteiger partial charge in [0.05, 0.1) is 6.54 Å². The molecule has 0 aromatic carbocycles. The lowest BCUT2D eigenvalue weighted by molar-refractivity contribution is -0.148. The van der Waals surface area contributed by atoms with Crippen molar-refractivity contribution in [3.05, 3.63) is 11.6 Å². The number of hydrogen-bond donors (Lipinski definition) is 1. The summed E-state index contributed by atoms with van der Waals surface area (Å²) >= 11 is 0. The third-order valence-electron chi connectivity index (χ3n) is 4.23. The van der Waals surface area contributed by atoms with Gasteiger partial charge < -0.3 is 9.88 Å². The van der Waals surface area contributed by atoms with E-state index in [1.54, 1.807) is 0 Å². The van der Waals surface area contributed by atoms with Crippen LogP contribution in [-0.2, 0) is 19.3 Å². The average Bonchev–Trinajstić information content (AvgIpc) is 2.95. The molecule has 3 rings (SSSR count). The van der Waals surface area contributed by atoms with Crippen molar-refractivity contribution in [3.8, 4) is 0 Å². The second kappa shape index (κ2) is 5.00. The van der Waals surface area contributed by atoms with Crippen LogP contribution in [0.3, 0.4) is 0 Å². The quantitative estimate of drug-likeness (QED) is 0.886. The number of halogens is 3. The standard InChI is InChI=1S/C12H18F3N5/c1-8-2-3-16-9(8)6-19-4-5-20-10(7-19)17-18-11(20)12(13,14)15/h8-9,16H,2-7H2,1H3. The molecule has 0 radical (unpaired) electrons. The average molecular weight is 289 g/mol. The fraction of sp³-hybridized carbons (Fsp3) is 0.833. The maximum Gasteiger partial charge on any atom is 0.451 e. The van der Waals surface area contributed by atoms with Gasteiger partial charge in [-0.1, -0.05) is 6.92 Å². The van der Waals surface area contributed by atoms with E-state index in [-0.39, 0.29) is 0 Å². The number of alkyl halides is 3. The van der Waals surface area contributed by atoms with Crippen molar-refractivity contribution in [3.63, 3.8) is 0 Å². The molecule has 3 heterocycles. The first-order valence-electron chi connectivity index (χ1n) is 6.90. The topological polar surface area (TPSA) is 46.0 Å². The van der Waals surface area contributed by atoms with Gasteiger partial charge in [0.15, 0.2) is 0 Å². The monoisotopic (exact) mass is 289 g/mol. The van der Waals surface area contributed by atoms with Crippen LogP contribution in [0.15, 0.2) is 0 Å². The summed E-state index contributed by atoms with van der Waals surface area (Å²) < 4.78 is 39.4. The number of nitrogens with one attached hydrogen (secondary N) is 1. The first kappa shape index (κ1) is 13.8. The molecule has 1 N–H and O–H groups in total. The molecule has 8 heteroatoms. The van der Waals surface area contributed by atoms with Crippen LogP contribution < -0.4 is 5.32 Å². The molecular weight excluding hydrogens is 271 g/mol. The highest BCUT2D eigenvalue weighted by Crippen LogP contribution is 2.29. The number of nitrogens with zero attached hydrogens (tertiary/aromatic N) is 4.